The molecule has 0 aliphatic rings. The van der Waals surface area contributed by atoms with Crippen LogP contribution in [0.15, 0.2) is 0 Å². The molecular formula is C7H10F6. The Hall–Kier alpha value is -0.420. The monoisotopic (exact) mass is 208 g/mol. The first-order valence-corrected chi connectivity index (χ1v) is 3.68. The molecule has 0 nitrogen and oxygen atoms in total. The number of alkyl halides is 6. The van der Waals surface area contributed by atoms with Gasteiger partial charge in [0.25, 0.3) is 0 Å². The van der Waals surface area contributed by atoms with E-state index in [2.05, 4.69) is 0 Å². The third-order valence-electron chi connectivity index (χ3n) is 1.50. The molecule has 0 amide bonds. The Labute approximate surface area is 71.9 Å². The molecule has 80 valence electrons. The van der Waals surface area contributed by atoms with E-state index in [1.165, 1.54) is 13.8 Å². The third kappa shape index (κ3) is 4.38. The molecule has 0 aromatic rings. The number of halogens is 6. The first-order chi connectivity index (χ1) is 5.55. The fourth-order valence-electron chi connectivity index (χ4n) is 0.924. The Morgan fingerprint density at radius 3 is 1.23 bits per heavy atom. The average molecular weight is 208 g/mol. The molecule has 0 saturated heterocycles. The van der Waals surface area contributed by atoms with E-state index in [1.807, 2.05) is 0 Å². The van der Waals surface area contributed by atoms with Gasteiger partial charge in [-0.25, -0.2) is 0 Å². The molecular weight excluding hydrogens is 198 g/mol. The molecule has 0 radical (unpaired) electrons. The van der Waals surface area contributed by atoms with Crippen molar-refractivity contribution in [3.05, 3.63) is 0 Å². The molecule has 0 bridgehead atoms. The van der Waals surface area contributed by atoms with Crippen LogP contribution in [-0.2, 0) is 0 Å². The summed E-state index contributed by atoms with van der Waals surface area (Å²) in [5.41, 5.74) is 0. The van der Waals surface area contributed by atoms with E-state index in [0.29, 0.717) is 0 Å². The molecule has 0 spiro atoms. The summed E-state index contributed by atoms with van der Waals surface area (Å²) in [7, 11) is 0. The van der Waals surface area contributed by atoms with Crippen LogP contribution in [0, 0.1) is 11.8 Å². The van der Waals surface area contributed by atoms with Gasteiger partial charge in [-0.3, -0.25) is 0 Å². The molecule has 0 aromatic carbocycles. The Kier molecular flexibility index (Phi) is 3.63. The first kappa shape index (κ1) is 12.6. The van der Waals surface area contributed by atoms with Crippen LogP contribution in [0.3, 0.4) is 0 Å². The van der Waals surface area contributed by atoms with Gasteiger partial charge in [-0.2, -0.15) is 26.3 Å². The predicted octanol–water partition coefficient (Wildman–Crippen LogP) is 3.77. The van der Waals surface area contributed by atoms with Crippen molar-refractivity contribution in [2.75, 3.05) is 0 Å². The highest BCUT2D eigenvalue weighted by Crippen LogP contribution is 2.42. The molecule has 0 unspecified atom stereocenters. The van der Waals surface area contributed by atoms with Crippen molar-refractivity contribution in [1.82, 2.24) is 0 Å². The Morgan fingerprint density at radius 2 is 1.15 bits per heavy atom. The second-order valence-electron chi connectivity index (χ2n) is 3.27. The van der Waals surface area contributed by atoms with Crippen LogP contribution in [0.25, 0.3) is 0 Å². The van der Waals surface area contributed by atoms with Crippen LogP contribution >= 0.6 is 0 Å². The zero-order valence-corrected chi connectivity index (χ0v) is 7.13. The predicted molar refractivity (Wildman–Crippen MR) is 35.1 cm³/mol. The van der Waals surface area contributed by atoms with E-state index < -0.39 is 30.6 Å². The zero-order valence-electron chi connectivity index (χ0n) is 7.13. The van der Waals surface area contributed by atoms with Gasteiger partial charge in [-0.05, 0) is 12.3 Å². The van der Waals surface area contributed by atoms with Crippen molar-refractivity contribution in [3.8, 4) is 0 Å². The fraction of sp³-hybridized carbons (Fsp3) is 1.00. The van der Waals surface area contributed by atoms with Gasteiger partial charge in [-0.1, -0.05) is 13.8 Å². The van der Waals surface area contributed by atoms with Crippen molar-refractivity contribution >= 4 is 0 Å². The first-order valence-electron chi connectivity index (χ1n) is 3.68. The Balaban J connectivity index is 4.58. The van der Waals surface area contributed by atoms with Crippen molar-refractivity contribution < 1.29 is 26.3 Å². The van der Waals surface area contributed by atoms with E-state index in [1.54, 1.807) is 0 Å². The lowest BCUT2D eigenvalue weighted by Crippen LogP contribution is -2.37. The van der Waals surface area contributed by atoms with Gasteiger partial charge >= 0.3 is 12.4 Å². The lowest BCUT2D eigenvalue weighted by Gasteiger charge is -2.24. The molecule has 6 heteroatoms. The molecule has 0 aromatic heterocycles. The van der Waals surface area contributed by atoms with Gasteiger partial charge in [0.05, 0.1) is 0 Å². The summed E-state index contributed by atoms with van der Waals surface area (Å²) < 4.78 is 71.1. The SMILES string of the molecule is CC(C)CC(C(F)(F)F)C(F)(F)F. The average Bonchev–Trinajstić information content (AvgIpc) is 1.77. The molecule has 0 heterocycles. The second kappa shape index (κ2) is 3.75. The number of hydrogen-bond acceptors (Lipinski definition) is 0. The van der Waals surface area contributed by atoms with E-state index in [9.17, 15) is 26.3 Å². The van der Waals surface area contributed by atoms with Crippen molar-refractivity contribution in [2.24, 2.45) is 11.8 Å². The molecule has 0 rings (SSSR count). The van der Waals surface area contributed by atoms with E-state index in [4.69, 9.17) is 0 Å². The van der Waals surface area contributed by atoms with Crippen LogP contribution in [-0.4, -0.2) is 12.4 Å². The van der Waals surface area contributed by atoms with Crippen molar-refractivity contribution in [2.45, 2.75) is 32.6 Å². The van der Waals surface area contributed by atoms with Crippen LogP contribution in [0.1, 0.15) is 20.3 Å². The lowest BCUT2D eigenvalue weighted by molar-refractivity contribution is -0.287. The van der Waals surface area contributed by atoms with E-state index in [0.717, 1.165) is 0 Å². The number of hydrogen-bond donors (Lipinski definition) is 0. The summed E-state index contributed by atoms with van der Waals surface area (Å²) in [5.74, 6) is -3.83. The minimum absolute atomic E-state index is 0.631. The maximum absolute atomic E-state index is 11.9. The zero-order chi connectivity index (χ0) is 10.9. The van der Waals surface area contributed by atoms with Gasteiger partial charge < -0.3 is 0 Å². The van der Waals surface area contributed by atoms with Crippen LogP contribution in [0.2, 0.25) is 0 Å². The fourth-order valence-corrected chi connectivity index (χ4v) is 0.924. The molecule has 0 aliphatic heterocycles. The molecule has 0 fully saturated rings. The van der Waals surface area contributed by atoms with E-state index in [-0.39, 0.29) is 0 Å². The maximum Gasteiger partial charge on any atom is 0.400 e. The summed E-state index contributed by atoms with van der Waals surface area (Å²) in [5, 5.41) is 0. The third-order valence-corrected chi connectivity index (χ3v) is 1.50. The molecule has 0 saturated carbocycles. The highest BCUT2D eigenvalue weighted by Gasteiger charge is 2.56. The van der Waals surface area contributed by atoms with Crippen LogP contribution in [0.4, 0.5) is 26.3 Å². The minimum atomic E-state index is -5.19. The molecule has 0 N–H and O–H groups in total. The smallest absolute Gasteiger partial charge is 0.170 e. The topological polar surface area (TPSA) is 0 Å². The minimum Gasteiger partial charge on any atom is -0.170 e. The molecule has 0 aliphatic carbocycles. The van der Waals surface area contributed by atoms with Gasteiger partial charge in [0.1, 0.15) is 0 Å². The Morgan fingerprint density at radius 1 is 0.846 bits per heavy atom. The summed E-state index contributed by atoms with van der Waals surface area (Å²) in [4.78, 5) is 0. The standard InChI is InChI=1S/C7H10F6/c1-4(2)3-5(6(8,9)10)7(11,12)13/h4-5H,3H2,1-2H3. The van der Waals surface area contributed by atoms with E-state index >= 15 is 0 Å². The summed E-state index contributed by atoms with van der Waals surface area (Å²) in [6, 6.07) is 0. The molecule has 13 heavy (non-hydrogen) atoms. The van der Waals surface area contributed by atoms with Crippen molar-refractivity contribution in [1.29, 1.82) is 0 Å². The van der Waals surface area contributed by atoms with Crippen molar-refractivity contribution in [3.63, 3.8) is 0 Å². The largest absolute Gasteiger partial charge is 0.400 e. The van der Waals surface area contributed by atoms with Gasteiger partial charge in [0.15, 0.2) is 5.92 Å². The Bertz CT molecular complexity index is 139. The van der Waals surface area contributed by atoms with Crippen LogP contribution in [0.5, 0.6) is 0 Å². The highest BCUT2D eigenvalue weighted by atomic mass is 19.4. The summed E-state index contributed by atoms with van der Waals surface area (Å²) in [6.07, 6.45) is -11.3. The summed E-state index contributed by atoms with van der Waals surface area (Å²) in [6.45, 7) is 2.65. The second-order valence-corrected chi connectivity index (χ2v) is 3.27. The maximum atomic E-state index is 11.9. The normalized spacial score (nSPS) is 14.3. The molecule has 0 atom stereocenters. The van der Waals surface area contributed by atoms with Gasteiger partial charge in [-0.15, -0.1) is 0 Å². The number of rotatable bonds is 2. The summed E-state index contributed by atoms with van der Waals surface area (Å²) >= 11 is 0. The van der Waals surface area contributed by atoms with Crippen LogP contribution < -0.4 is 0 Å². The van der Waals surface area contributed by atoms with Gasteiger partial charge in [0, 0.05) is 0 Å². The highest BCUT2D eigenvalue weighted by molar-refractivity contribution is 4.76. The van der Waals surface area contributed by atoms with Gasteiger partial charge in [0.2, 0.25) is 0 Å². The quantitative estimate of drug-likeness (QED) is 0.606. The lowest BCUT2D eigenvalue weighted by atomic mass is 9.96.